The Labute approximate surface area is 77.8 Å². The molecule has 4 heteroatoms. The Balaban J connectivity index is 2.28. The molecule has 1 rings (SSSR count). The summed E-state index contributed by atoms with van der Waals surface area (Å²) in [5.74, 6) is 0.668. The summed E-state index contributed by atoms with van der Waals surface area (Å²) in [7, 11) is 0. The first kappa shape index (κ1) is 9.27. The van der Waals surface area contributed by atoms with Gasteiger partial charge in [0.15, 0.2) is 5.40 Å². The maximum Gasteiger partial charge on any atom is 0.156 e. The first-order valence-electron chi connectivity index (χ1n) is 3.97. The molecule has 0 aliphatic carbocycles. The van der Waals surface area contributed by atoms with E-state index in [0.29, 0.717) is 5.92 Å². The minimum absolute atomic E-state index is 0.668. The fraction of sp³-hybridized carbons (Fsp3) is 0.625. The Bertz CT molecular complexity index is 207. The molecule has 1 aliphatic heterocycles. The van der Waals surface area contributed by atoms with Crippen LogP contribution in [-0.4, -0.2) is 22.4 Å². The highest BCUT2D eigenvalue weighted by molar-refractivity contribution is 8.01. The topological polar surface area (TPSA) is 30.3 Å². The average Bonchev–Trinajstić information content (AvgIpc) is 2.36. The molecular weight excluding hydrogens is 170 g/mol. The van der Waals surface area contributed by atoms with Gasteiger partial charge >= 0.3 is 0 Å². The molecule has 0 aromatic heterocycles. The van der Waals surface area contributed by atoms with Gasteiger partial charge in [-0.05, 0) is 5.92 Å². The van der Waals surface area contributed by atoms with E-state index in [0.717, 1.165) is 13.2 Å². The van der Waals surface area contributed by atoms with Crippen LogP contribution in [0.25, 0.3) is 0 Å². The minimum atomic E-state index is 0.668. The molecular formula is C8H13N3S. The molecule has 1 aliphatic rings. The summed E-state index contributed by atoms with van der Waals surface area (Å²) in [6.07, 6.45) is 3.97. The molecule has 0 amide bonds. The van der Waals surface area contributed by atoms with Crippen LogP contribution in [0.2, 0.25) is 0 Å². The van der Waals surface area contributed by atoms with Gasteiger partial charge in [0.2, 0.25) is 0 Å². The highest BCUT2D eigenvalue weighted by atomic mass is 32.2. The van der Waals surface area contributed by atoms with Crippen LogP contribution in [0.15, 0.2) is 12.4 Å². The van der Waals surface area contributed by atoms with Gasteiger partial charge < -0.3 is 4.90 Å². The molecule has 0 atom stereocenters. The summed E-state index contributed by atoms with van der Waals surface area (Å²) in [5.41, 5.74) is 0. The van der Waals surface area contributed by atoms with Gasteiger partial charge in [-0.3, -0.25) is 4.31 Å². The molecule has 0 aromatic carbocycles. The molecule has 1 heterocycles. The Morgan fingerprint density at radius 1 is 1.58 bits per heavy atom. The quantitative estimate of drug-likeness (QED) is 0.493. The zero-order chi connectivity index (χ0) is 8.97. The van der Waals surface area contributed by atoms with Crippen molar-refractivity contribution in [2.45, 2.75) is 13.8 Å². The number of rotatable bonds is 3. The molecule has 0 unspecified atom stereocenters. The van der Waals surface area contributed by atoms with E-state index in [1.807, 2.05) is 22.1 Å². The van der Waals surface area contributed by atoms with Crippen molar-refractivity contribution in [2.24, 2.45) is 5.92 Å². The second kappa shape index (κ2) is 4.27. The van der Waals surface area contributed by atoms with Crippen molar-refractivity contribution < 1.29 is 0 Å². The summed E-state index contributed by atoms with van der Waals surface area (Å²) >= 11 is 1.18. The van der Waals surface area contributed by atoms with Crippen LogP contribution in [0.3, 0.4) is 0 Å². The van der Waals surface area contributed by atoms with Crippen LogP contribution in [0.4, 0.5) is 0 Å². The van der Waals surface area contributed by atoms with Gasteiger partial charge in [0.05, 0.1) is 11.9 Å². The van der Waals surface area contributed by atoms with E-state index in [1.165, 1.54) is 11.9 Å². The highest BCUT2D eigenvalue weighted by Gasteiger charge is 2.12. The monoisotopic (exact) mass is 183 g/mol. The first-order valence-corrected chi connectivity index (χ1v) is 4.75. The second-order valence-electron chi connectivity index (χ2n) is 3.20. The number of thiocyanates is 1. The Morgan fingerprint density at radius 3 is 2.92 bits per heavy atom. The predicted octanol–water partition coefficient (Wildman–Crippen LogP) is 1.82. The van der Waals surface area contributed by atoms with Crippen LogP contribution >= 0.6 is 11.9 Å². The Hall–Kier alpha value is -0.820. The third-order valence-electron chi connectivity index (χ3n) is 1.52. The van der Waals surface area contributed by atoms with E-state index in [1.54, 1.807) is 0 Å². The van der Waals surface area contributed by atoms with E-state index in [4.69, 9.17) is 5.26 Å². The maximum absolute atomic E-state index is 8.41. The van der Waals surface area contributed by atoms with Crippen LogP contribution in [0, 0.1) is 16.6 Å². The number of nitriles is 1. The lowest BCUT2D eigenvalue weighted by Gasteiger charge is -2.19. The molecule has 0 saturated carbocycles. The lowest BCUT2D eigenvalue weighted by Crippen LogP contribution is -2.24. The average molecular weight is 183 g/mol. The number of nitrogens with zero attached hydrogens (tertiary/aromatic N) is 3. The van der Waals surface area contributed by atoms with Gasteiger partial charge in [0.1, 0.15) is 6.67 Å². The maximum atomic E-state index is 8.41. The van der Waals surface area contributed by atoms with Crippen molar-refractivity contribution in [3.8, 4) is 5.40 Å². The molecule has 0 N–H and O–H groups in total. The molecule has 0 radical (unpaired) electrons. The van der Waals surface area contributed by atoms with E-state index in [2.05, 4.69) is 18.7 Å². The summed E-state index contributed by atoms with van der Waals surface area (Å²) in [6, 6.07) is 0. The van der Waals surface area contributed by atoms with Crippen molar-refractivity contribution >= 4 is 11.9 Å². The smallest absolute Gasteiger partial charge is 0.156 e. The van der Waals surface area contributed by atoms with Crippen molar-refractivity contribution in [3.63, 3.8) is 0 Å². The third-order valence-corrected chi connectivity index (χ3v) is 2.08. The van der Waals surface area contributed by atoms with Crippen molar-refractivity contribution in [1.29, 1.82) is 5.26 Å². The second-order valence-corrected chi connectivity index (χ2v) is 4.04. The van der Waals surface area contributed by atoms with Crippen LogP contribution in [0.5, 0.6) is 0 Å². The van der Waals surface area contributed by atoms with Gasteiger partial charge in [-0.25, -0.2) is 0 Å². The largest absolute Gasteiger partial charge is 0.357 e. The Morgan fingerprint density at radius 2 is 2.33 bits per heavy atom. The van der Waals surface area contributed by atoms with Crippen molar-refractivity contribution in [1.82, 2.24) is 9.21 Å². The molecule has 12 heavy (non-hydrogen) atoms. The highest BCUT2D eigenvalue weighted by Crippen LogP contribution is 2.16. The minimum Gasteiger partial charge on any atom is -0.357 e. The van der Waals surface area contributed by atoms with E-state index in [-0.39, 0.29) is 0 Å². The lowest BCUT2D eigenvalue weighted by molar-refractivity contribution is 0.310. The molecule has 66 valence electrons. The van der Waals surface area contributed by atoms with Gasteiger partial charge in [0.25, 0.3) is 0 Å². The van der Waals surface area contributed by atoms with Gasteiger partial charge in [-0.1, -0.05) is 13.8 Å². The van der Waals surface area contributed by atoms with Crippen molar-refractivity contribution in [2.75, 3.05) is 13.2 Å². The molecule has 3 nitrogen and oxygen atoms in total. The molecule has 0 aromatic rings. The summed E-state index contributed by atoms with van der Waals surface area (Å²) in [4.78, 5) is 2.20. The summed E-state index contributed by atoms with van der Waals surface area (Å²) in [6.45, 7) is 6.26. The fourth-order valence-electron chi connectivity index (χ4n) is 1.14. The SMILES string of the molecule is CC(C)CN1C=CN(SC#N)C1. The molecule has 0 spiro atoms. The van der Waals surface area contributed by atoms with Gasteiger partial charge in [0, 0.05) is 18.9 Å². The van der Waals surface area contributed by atoms with Gasteiger partial charge in [-0.15, -0.1) is 0 Å². The normalized spacial score (nSPS) is 15.8. The van der Waals surface area contributed by atoms with Gasteiger partial charge in [-0.2, -0.15) is 5.26 Å². The third kappa shape index (κ3) is 2.67. The number of hydrogen-bond acceptors (Lipinski definition) is 4. The summed E-state index contributed by atoms with van der Waals surface area (Å²) < 4.78 is 1.92. The standard InChI is InChI=1S/C8H13N3S/c1-8(2)5-10-3-4-11(7-10)12-6-9/h3-4,8H,5,7H2,1-2H3. The van der Waals surface area contributed by atoms with Crippen LogP contribution < -0.4 is 0 Å². The first-order chi connectivity index (χ1) is 5.72. The number of hydrogen-bond donors (Lipinski definition) is 0. The molecule has 0 saturated heterocycles. The zero-order valence-corrected chi connectivity index (χ0v) is 8.21. The molecule has 0 bridgehead atoms. The molecule has 0 fully saturated rings. The fourth-order valence-corrected chi connectivity index (χ4v) is 1.57. The predicted molar refractivity (Wildman–Crippen MR) is 50.6 cm³/mol. The Kier molecular flexibility index (Phi) is 3.30. The van der Waals surface area contributed by atoms with Crippen LogP contribution in [0.1, 0.15) is 13.8 Å². The van der Waals surface area contributed by atoms with E-state index < -0.39 is 0 Å². The van der Waals surface area contributed by atoms with Crippen molar-refractivity contribution in [3.05, 3.63) is 12.4 Å². The summed E-state index contributed by atoms with van der Waals surface area (Å²) in [5, 5.41) is 10.5. The van der Waals surface area contributed by atoms with E-state index >= 15 is 0 Å². The zero-order valence-electron chi connectivity index (χ0n) is 7.40. The van der Waals surface area contributed by atoms with Crippen LogP contribution in [-0.2, 0) is 0 Å². The van der Waals surface area contributed by atoms with E-state index in [9.17, 15) is 0 Å². The lowest BCUT2D eigenvalue weighted by atomic mass is 10.2.